The number of rotatable bonds is 5. The second kappa shape index (κ2) is 6.11. The Morgan fingerprint density at radius 3 is 2.93 bits per heavy atom. The first kappa shape index (κ1) is 15.9. The smallest absolute Gasteiger partial charge is 0.316 e. The molecule has 0 aliphatic heterocycles. The van der Waals surface area contributed by atoms with Gasteiger partial charge in [-0.1, -0.05) is 11.2 Å². The standard InChI is InChI=1S/C18H14F2N6O/c19-10-6-12-13(8-23-16(12)22-7-10)17-25-26-18(27-17)24-14(9-3-4-9)11-2-1-5-21-15(11)20/h1-2,5-9,14H,3-4H2,(H,22,23)(H,24,26). The third-order valence-electron chi connectivity index (χ3n) is 4.65. The zero-order chi connectivity index (χ0) is 18.4. The Labute approximate surface area is 151 Å². The molecule has 5 rings (SSSR count). The summed E-state index contributed by atoms with van der Waals surface area (Å²) in [7, 11) is 0. The molecule has 1 aliphatic carbocycles. The molecule has 9 heteroatoms. The van der Waals surface area contributed by atoms with E-state index in [0.29, 0.717) is 22.2 Å². The highest BCUT2D eigenvalue weighted by Crippen LogP contribution is 2.43. The van der Waals surface area contributed by atoms with Crippen LogP contribution in [0.15, 0.2) is 41.2 Å². The minimum absolute atomic E-state index is 0.170. The third kappa shape index (κ3) is 2.90. The summed E-state index contributed by atoms with van der Waals surface area (Å²) >= 11 is 0. The fourth-order valence-corrected chi connectivity index (χ4v) is 3.19. The van der Waals surface area contributed by atoms with Gasteiger partial charge in [0, 0.05) is 23.3 Å². The molecule has 7 nitrogen and oxygen atoms in total. The van der Waals surface area contributed by atoms with Gasteiger partial charge >= 0.3 is 6.01 Å². The van der Waals surface area contributed by atoms with Crippen LogP contribution < -0.4 is 5.32 Å². The van der Waals surface area contributed by atoms with Crippen molar-refractivity contribution in [3.8, 4) is 11.5 Å². The van der Waals surface area contributed by atoms with E-state index in [1.54, 1.807) is 18.3 Å². The van der Waals surface area contributed by atoms with Crippen molar-refractivity contribution in [1.82, 2.24) is 25.1 Å². The van der Waals surface area contributed by atoms with E-state index >= 15 is 0 Å². The van der Waals surface area contributed by atoms with Crippen molar-refractivity contribution in [2.45, 2.75) is 18.9 Å². The van der Waals surface area contributed by atoms with Gasteiger partial charge in [0.15, 0.2) is 0 Å². The minimum Gasteiger partial charge on any atom is -0.403 e. The molecule has 0 saturated heterocycles. The molecule has 4 aromatic heterocycles. The molecule has 1 unspecified atom stereocenters. The Morgan fingerprint density at radius 1 is 1.22 bits per heavy atom. The fourth-order valence-electron chi connectivity index (χ4n) is 3.19. The van der Waals surface area contributed by atoms with Crippen molar-refractivity contribution in [2.24, 2.45) is 5.92 Å². The van der Waals surface area contributed by atoms with Crippen molar-refractivity contribution in [3.63, 3.8) is 0 Å². The summed E-state index contributed by atoms with van der Waals surface area (Å²) in [6.45, 7) is 0. The number of aromatic nitrogens is 5. The van der Waals surface area contributed by atoms with Crippen molar-refractivity contribution < 1.29 is 13.2 Å². The molecule has 1 atom stereocenters. The van der Waals surface area contributed by atoms with Gasteiger partial charge in [-0.2, -0.15) is 4.39 Å². The first-order chi connectivity index (χ1) is 13.2. The van der Waals surface area contributed by atoms with Crippen LogP contribution in [-0.2, 0) is 0 Å². The van der Waals surface area contributed by atoms with Crippen LogP contribution in [0.1, 0.15) is 24.4 Å². The molecular weight excluding hydrogens is 354 g/mol. The molecule has 4 aromatic rings. The lowest BCUT2D eigenvalue weighted by molar-refractivity contribution is 0.519. The zero-order valence-electron chi connectivity index (χ0n) is 14.0. The molecule has 2 N–H and O–H groups in total. The summed E-state index contributed by atoms with van der Waals surface area (Å²) in [6.07, 6.45) is 6.15. The van der Waals surface area contributed by atoms with E-state index in [4.69, 9.17) is 4.42 Å². The first-order valence-corrected chi connectivity index (χ1v) is 8.52. The topological polar surface area (TPSA) is 92.5 Å². The lowest BCUT2D eigenvalue weighted by Crippen LogP contribution is -2.15. The highest BCUT2D eigenvalue weighted by molar-refractivity contribution is 5.91. The van der Waals surface area contributed by atoms with E-state index in [-0.39, 0.29) is 23.9 Å². The Kier molecular flexibility index (Phi) is 3.59. The summed E-state index contributed by atoms with van der Waals surface area (Å²) in [6, 6.07) is 4.62. The molecule has 0 bridgehead atoms. The normalized spacial score (nSPS) is 15.2. The Bertz CT molecular complexity index is 1120. The van der Waals surface area contributed by atoms with Gasteiger partial charge in [0.05, 0.1) is 17.8 Å². The van der Waals surface area contributed by atoms with Crippen molar-refractivity contribution in [1.29, 1.82) is 0 Å². The Hall–Kier alpha value is -3.36. The van der Waals surface area contributed by atoms with E-state index in [1.165, 1.54) is 12.3 Å². The van der Waals surface area contributed by atoms with E-state index < -0.39 is 11.8 Å². The molecule has 0 amide bonds. The maximum Gasteiger partial charge on any atom is 0.316 e. The quantitative estimate of drug-likeness (QED) is 0.520. The Morgan fingerprint density at radius 2 is 2.11 bits per heavy atom. The monoisotopic (exact) mass is 368 g/mol. The van der Waals surface area contributed by atoms with Crippen LogP contribution in [0.25, 0.3) is 22.5 Å². The van der Waals surface area contributed by atoms with Crippen LogP contribution in [0.2, 0.25) is 0 Å². The molecular formula is C18H14F2N6O. The van der Waals surface area contributed by atoms with Crippen LogP contribution in [-0.4, -0.2) is 25.1 Å². The zero-order valence-corrected chi connectivity index (χ0v) is 14.0. The third-order valence-corrected chi connectivity index (χ3v) is 4.65. The average Bonchev–Trinajstić information content (AvgIpc) is 3.26. The van der Waals surface area contributed by atoms with Gasteiger partial charge in [-0.3, -0.25) is 0 Å². The first-order valence-electron chi connectivity index (χ1n) is 8.52. The Balaban J connectivity index is 1.46. The molecule has 1 aliphatic rings. The van der Waals surface area contributed by atoms with Gasteiger partial charge < -0.3 is 14.7 Å². The molecule has 4 heterocycles. The van der Waals surface area contributed by atoms with Crippen LogP contribution in [0.3, 0.4) is 0 Å². The number of nitrogens with zero attached hydrogens (tertiary/aromatic N) is 4. The number of anilines is 1. The van der Waals surface area contributed by atoms with Crippen LogP contribution >= 0.6 is 0 Å². The van der Waals surface area contributed by atoms with E-state index in [2.05, 4.69) is 30.5 Å². The summed E-state index contributed by atoms with van der Waals surface area (Å²) in [5.74, 6) is -0.468. The van der Waals surface area contributed by atoms with Gasteiger partial charge in [-0.25, -0.2) is 14.4 Å². The van der Waals surface area contributed by atoms with E-state index in [0.717, 1.165) is 19.0 Å². The van der Waals surface area contributed by atoms with Gasteiger partial charge in [0.25, 0.3) is 5.89 Å². The molecule has 1 fully saturated rings. The lowest BCUT2D eigenvalue weighted by Gasteiger charge is -2.17. The van der Waals surface area contributed by atoms with Gasteiger partial charge in [-0.05, 0) is 30.9 Å². The van der Waals surface area contributed by atoms with Crippen molar-refractivity contribution in [2.75, 3.05) is 5.32 Å². The highest BCUT2D eigenvalue weighted by Gasteiger charge is 2.35. The lowest BCUT2D eigenvalue weighted by atomic mass is 10.0. The summed E-state index contributed by atoms with van der Waals surface area (Å²) in [5.41, 5.74) is 1.54. The van der Waals surface area contributed by atoms with Crippen LogP contribution in [0.4, 0.5) is 14.8 Å². The number of halogens is 2. The fraction of sp³-hybridized carbons (Fsp3) is 0.222. The van der Waals surface area contributed by atoms with E-state index in [1.807, 2.05) is 0 Å². The maximum absolute atomic E-state index is 14.1. The number of pyridine rings is 2. The van der Waals surface area contributed by atoms with Crippen molar-refractivity contribution >= 4 is 17.0 Å². The number of nitrogens with one attached hydrogen (secondary N) is 2. The predicted octanol–water partition coefficient (Wildman–Crippen LogP) is 3.85. The van der Waals surface area contributed by atoms with Crippen LogP contribution in [0.5, 0.6) is 0 Å². The van der Waals surface area contributed by atoms with Crippen molar-refractivity contribution in [3.05, 3.63) is 54.1 Å². The van der Waals surface area contributed by atoms with Gasteiger partial charge in [0.2, 0.25) is 5.95 Å². The number of fused-ring (bicyclic) bond motifs is 1. The van der Waals surface area contributed by atoms with Crippen LogP contribution in [0, 0.1) is 17.7 Å². The molecule has 0 spiro atoms. The summed E-state index contributed by atoms with van der Waals surface area (Å²) in [4.78, 5) is 10.6. The van der Waals surface area contributed by atoms with E-state index in [9.17, 15) is 8.78 Å². The molecule has 0 aromatic carbocycles. The van der Waals surface area contributed by atoms with Gasteiger partial charge in [0.1, 0.15) is 11.5 Å². The number of aromatic amines is 1. The predicted molar refractivity (Wildman–Crippen MR) is 92.6 cm³/mol. The summed E-state index contributed by atoms with van der Waals surface area (Å²) < 4.78 is 33.3. The molecule has 0 radical (unpaired) electrons. The minimum atomic E-state index is -0.514. The van der Waals surface area contributed by atoms with Gasteiger partial charge in [-0.15, -0.1) is 5.10 Å². The largest absolute Gasteiger partial charge is 0.403 e. The highest BCUT2D eigenvalue weighted by atomic mass is 19.1. The molecule has 1 saturated carbocycles. The second-order valence-electron chi connectivity index (χ2n) is 6.51. The molecule has 136 valence electrons. The average molecular weight is 368 g/mol. The molecule has 27 heavy (non-hydrogen) atoms. The number of hydrogen-bond donors (Lipinski definition) is 2. The summed E-state index contributed by atoms with van der Waals surface area (Å²) in [5, 5.41) is 11.7. The number of H-pyrrole nitrogens is 1. The SMILES string of the molecule is Fc1cnc2[nH]cc(-c3nnc(NC(c4cccnc4F)C4CC4)o3)c2c1. The second-order valence-corrected chi connectivity index (χ2v) is 6.51. The number of hydrogen-bond acceptors (Lipinski definition) is 6. The maximum atomic E-state index is 14.1.